The van der Waals surface area contributed by atoms with E-state index in [0.717, 1.165) is 10.9 Å². The van der Waals surface area contributed by atoms with E-state index in [1.807, 2.05) is 30.3 Å². The fourth-order valence-corrected chi connectivity index (χ4v) is 2.73. The van der Waals surface area contributed by atoms with E-state index in [4.69, 9.17) is 9.47 Å². The van der Waals surface area contributed by atoms with Crippen LogP contribution in [0.5, 0.6) is 11.5 Å². The molecule has 1 atom stereocenters. The molecule has 1 amide bonds. The minimum absolute atomic E-state index is 0.0571. The Morgan fingerprint density at radius 1 is 1.25 bits per heavy atom. The van der Waals surface area contributed by atoms with Crippen molar-refractivity contribution in [3.63, 3.8) is 0 Å². The fraction of sp³-hybridized carbons (Fsp3) is 0.316. The van der Waals surface area contributed by atoms with Crippen LogP contribution in [-0.2, 0) is 4.79 Å². The first kappa shape index (κ1) is 18.3. The van der Waals surface area contributed by atoms with Gasteiger partial charge in [-0.15, -0.1) is 0 Å². The molecule has 0 spiro atoms. The van der Waals surface area contributed by atoms with Crippen LogP contribution < -0.4 is 14.8 Å². The van der Waals surface area contributed by atoms with Gasteiger partial charge in [-0.2, -0.15) is 0 Å². The summed E-state index contributed by atoms with van der Waals surface area (Å²) in [5.74, 6) is 1.62. The molecule has 4 nitrogen and oxygen atoms in total. The van der Waals surface area contributed by atoms with Gasteiger partial charge < -0.3 is 14.8 Å². The minimum atomic E-state index is -0.221. The maximum Gasteiger partial charge on any atom is 0.262 e. The number of anilines is 1. The van der Waals surface area contributed by atoms with Crippen LogP contribution in [0.3, 0.4) is 0 Å². The van der Waals surface area contributed by atoms with Gasteiger partial charge in [0.25, 0.3) is 5.91 Å². The number of halogens is 1. The molecule has 0 aliphatic rings. The number of rotatable bonds is 7. The zero-order valence-corrected chi connectivity index (χ0v) is 15.7. The molecule has 1 N–H and O–H groups in total. The first-order chi connectivity index (χ1) is 11.5. The summed E-state index contributed by atoms with van der Waals surface area (Å²) in [5, 5.41) is 2.79. The third-order valence-corrected chi connectivity index (χ3v) is 4.47. The Morgan fingerprint density at radius 3 is 2.71 bits per heavy atom. The zero-order chi connectivity index (χ0) is 17.5. The third kappa shape index (κ3) is 4.99. The van der Waals surface area contributed by atoms with Gasteiger partial charge in [-0.05, 0) is 58.1 Å². The molecular formula is C19H22BrNO3. The number of methoxy groups -OCH3 is 1. The van der Waals surface area contributed by atoms with Gasteiger partial charge >= 0.3 is 0 Å². The lowest BCUT2D eigenvalue weighted by atomic mass is 9.99. The molecule has 0 aromatic heterocycles. The molecular weight excluding hydrogens is 370 g/mol. The van der Waals surface area contributed by atoms with Crippen LogP contribution in [0, 0.1) is 0 Å². The second-order valence-electron chi connectivity index (χ2n) is 5.57. The standard InChI is InChI=1S/C19H22BrNO3/c1-4-13(2)14-8-9-18(17(20)10-14)24-12-19(22)21-15-6-5-7-16(11-15)23-3/h5-11,13H,4,12H2,1-3H3,(H,21,22). The van der Waals surface area contributed by atoms with Gasteiger partial charge in [0.15, 0.2) is 6.61 Å². The second kappa shape index (κ2) is 8.73. The molecule has 0 saturated carbocycles. The van der Waals surface area contributed by atoms with Gasteiger partial charge in [-0.25, -0.2) is 0 Å². The average molecular weight is 392 g/mol. The van der Waals surface area contributed by atoms with Gasteiger partial charge in [0, 0.05) is 11.8 Å². The quantitative estimate of drug-likeness (QED) is 0.722. The predicted octanol–water partition coefficient (Wildman–Crippen LogP) is 4.99. The number of amides is 1. The molecule has 128 valence electrons. The minimum Gasteiger partial charge on any atom is -0.497 e. The van der Waals surface area contributed by atoms with E-state index in [0.29, 0.717) is 23.1 Å². The highest BCUT2D eigenvalue weighted by Gasteiger charge is 2.09. The Labute approximate surface area is 151 Å². The Morgan fingerprint density at radius 2 is 2.04 bits per heavy atom. The van der Waals surface area contributed by atoms with Crippen molar-refractivity contribution >= 4 is 27.5 Å². The van der Waals surface area contributed by atoms with Crippen LogP contribution in [0.4, 0.5) is 5.69 Å². The molecule has 1 unspecified atom stereocenters. The lowest BCUT2D eigenvalue weighted by molar-refractivity contribution is -0.118. The van der Waals surface area contributed by atoms with Gasteiger partial charge in [0.1, 0.15) is 11.5 Å². The molecule has 0 aliphatic heterocycles. The number of benzene rings is 2. The van der Waals surface area contributed by atoms with E-state index < -0.39 is 0 Å². The van der Waals surface area contributed by atoms with Crippen molar-refractivity contribution in [2.45, 2.75) is 26.2 Å². The van der Waals surface area contributed by atoms with E-state index in [1.165, 1.54) is 5.56 Å². The van der Waals surface area contributed by atoms with Crippen LogP contribution in [0.2, 0.25) is 0 Å². The van der Waals surface area contributed by atoms with Crippen molar-refractivity contribution in [3.05, 3.63) is 52.5 Å². The maximum atomic E-state index is 12.0. The molecule has 0 fully saturated rings. The summed E-state index contributed by atoms with van der Waals surface area (Å²) < 4.78 is 11.6. The molecule has 24 heavy (non-hydrogen) atoms. The highest BCUT2D eigenvalue weighted by molar-refractivity contribution is 9.10. The summed E-state index contributed by atoms with van der Waals surface area (Å²) in [6.45, 7) is 4.29. The fourth-order valence-electron chi connectivity index (χ4n) is 2.22. The van der Waals surface area contributed by atoms with Gasteiger partial charge in [-0.1, -0.05) is 26.0 Å². The number of carbonyl (C=O) groups excluding carboxylic acids is 1. The molecule has 0 saturated heterocycles. The van der Waals surface area contributed by atoms with E-state index in [9.17, 15) is 4.79 Å². The number of ether oxygens (including phenoxy) is 2. The molecule has 0 heterocycles. The van der Waals surface area contributed by atoms with Crippen LogP contribution >= 0.6 is 15.9 Å². The van der Waals surface area contributed by atoms with Crippen LogP contribution in [0.15, 0.2) is 46.9 Å². The third-order valence-electron chi connectivity index (χ3n) is 3.85. The predicted molar refractivity (Wildman–Crippen MR) is 100.0 cm³/mol. The summed E-state index contributed by atoms with van der Waals surface area (Å²) >= 11 is 3.51. The second-order valence-corrected chi connectivity index (χ2v) is 6.42. The maximum absolute atomic E-state index is 12.0. The monoisotopic (exact) mass is 391 g/mol. The van der Waals surface area contributed by atoms with Gasteiger partial charge in [0.05, 0.1) is 11.6 Å². The Hall–Kier alpha value is -2.01. The van der Waals surface area contributed by atoms with E-state index in [2.05, 4.69) is 35.1 Å². The number of hydrogen-bond acceptors (Lipinski definition) is 3. The summed E-state index contributed by atoms with van der Waals surface area (Å²) in [7, 11) is 1.59. The van der Waals surface area contributed by atoms with Crippen molar-refractivity contribution in [3.8, 4) is 11.5 Å². The highest BCUT2D eigenvalue weighted by Crippen LogP contribution is 2.30. The topological polar surface area (TPSA) is 47.6 Å². The van der Waals surface area contributed by atoms with E-state index in [-0.39, 0.29) is 12.5 Å². The summed E-state index contributed by atoms with van der Waals surface area (Å²) in [5.41, 5.74) is 1.92. The summed E-state index contributed by atoms with van der Waals surface area (Å²) in [4.78, 5) is 12.0. The molecule has 2 aromatic rings. The average Bonchev–Trinajstić information content (AvgIpc) is 2.60. The normalized spacial score (nSPS) is 11.7. The first-order valence-corrected chi connectivity index (χ1v) is 8.69. The first-order valence-electron chi connectivity index (χ1n) is 7.89. The van der Waals surface area contributed by atoms with Crippen molar-refractivity contribution in [2.24, 2.45) is 0 Å². The lowest BCUT2D eigenvalue weighted by Gasteiger charge is -2.13. The number of hydrogen-bond donors (Lipinski definition) is 1. The molecule has 0 aliphatic carbocycles. The van der Waals surface area contributed by atoms with Crippen LogP contribution in [0.25, 0.3) is 0 Å². The SMILES string of the molecule is CCC(C)c1ccc(OCC(=O)Nc2cccc(OC)c2)c(Br)c1. The lowest BCUT2D eigenvalue weighted by Crippen LogP contribution is -2.20. The molecule has 2 aromatic carbocycles. The molecule has 5 heteroatoms. The number of nitrogens with one attached hydrogen (secondary N) is 1. The highest BCUT2D eigenvalue weighted by atomic mass is 79.9. The van der Waals surface area contributed by atoms with Crippen molar-refractivity contribution in [1.29, 1.82) is 0 Å². The Bertz CT molecular complexity index is 703. The molecule has 0 bridgehead atoms. The Kier molecular flexibility index (Phi) is 6.67. The smallest absolute Gasteiger partial charge is 0.262 e. The van der Waals surface area contributed by atoms with Gasteiger partial charge in [0.2, 0.25) is 0 Å². The number of carbonyl (C=O) groups is 1. The largest absolute Gasteiger partial charge is 0.497 e. The van der Waals surface area contributed by atoms with Crippen LogP contribution in [0.1, 0.15) is 31.7 Å². The molecule has 2 rings (SSSR count). The van der Waals surface area contributed by atoms with E-state index >= 15 is 0 Å². The van der Waals surface area contributed by atoms with Crippen LogP contribution in [-0.4, -0.2) is 19.6 Å². The van der Waals surface area contributed by atoms with Crippen molar-refractivity contribution in [2.75, 3.05) is 19.0 Å². The van der Waals surface area contributed by atoms with E-state index in [1.54, 1.807) is 19.2 Å². The van der Waals surface area contributed by atoms with Crippen molar-refractivity contribution < 1.29 is 14.3 Å². The summed E-state index contributed by atoms with van der Waals surface area (Å²) in [6, 6.07) is 13.2. The summed E-state index contributed by atoms with van der Waals surface area (Å²) in [6.07, 6.45) is 1.08. The van der Waals surface area contributed by atoms with Gasteiger partial charge in [-0.3, -0.25) is 4.79 Å². The zero-order valence-electron chi connectivity index (χ0n) is 14.1. The Balaban J connectivity index is 1.94. The van der Waals surface area contributed by atoms with Crippen molar-refractivity contribution in [1.82, 2.24) is 0 Å². The molecule has 0 radical (unpaired) electrons.